The molecule has 0 aromatic heterocycles. The van der Waals surface area contributed by atoms with E-state index in [1.54, 1.807) is 0 Å². The van der Waals surface area contributed by atoms with Gasteiger partial charge in [-0.2, -0.15) is 8.78 Å². The van der Waals surface area contributed by atoms with Crippen LogP contribution in [-0.4, -0.2) is 38.2 Å². The van der Waals surface area contributed by atoms with E-state index in [4.69, 9.17) is 9.47 Å². The molecule has 2 aromatic rings. The second-order valence-corrected chi connectivity index (χ2v) is 6.23. The summed E-state index contributed by atoms with van der Waals surface area (Å²) >= 11 is 0. The Labute approximate surface area is 167 Å². The lowest BCUT2D eigenvalue weighted by Gasteiger charge is -2.13. The van der Waals surface area contributed by atoms with Gasteiger partial charge in [-0.3, -0.25) is 9.59 Å². The number of amides is 2. The molecule has 2 N–H and O–H groups in total. The Morgan fingerprint density at radius 2 is 1.72 bits per heavy atom. The number of alkyl halides is 2. The van der Waals surface area contributed by atoms with Gasteiger partial charge < -0.3 is 24.8 Å². The first kappa shape index (κ1) is 21.9. The molecular weight excluding hydrogens is 386 g/mol. The van der Waals surface area contributed by atoms with Gasteiger partial charge in [-0.05, 0) is 56.3 Å². The minimum atomic E-state index is -2.92. The van der Waals surface area contributed by atoms with Crippen molar-refractivity contribution in [2.24, 2.45) is 0 Å². The maximum absolute atomic E-state index is 12.4. The number of carbonyl (C=O) groups is 2. The SMILES string of the molecule is COc1cc(C(=O)Nc2ccc(OC(F)F)cc2)ccc1OCC(=O)NC(C)C. The van der Waals surface area contributed by atoms with Gasteiger partial charge in [0.15, 0.2) is 18.1 Å². The molecule has 2 rings (SSSR count). The van der Waals surface area contributed by atoms with Crippen LogP contribution in [0.1, 0.15) is 24.2 Å². The molecule has 2 aromatic carbocycles. The first-order valence-electron chi connectivity index (χ1n) is 8.75. The van der Waals surface area contributed by atoms with Crippen molar-refractivity contribution in [2.75, 3.05) is 19.0 Å². The molecule has 0 radical (unpaired) electrons. The average molecular weight is 408 g/mol. The molecule has 9 heteroatoms. The summed E-state index contributed by atoms with van der Waals surface area (Å²) in [5, 5.41) is 5.34. The number of benzene rings is 2. The number of carbonyl (C=O) groups excluding carboxylic acids is 2. The zero-order chi connectivity index (χ0) is 21.4. The number of rotatable bonds is 9. The van der Waals surface area contributed by atoms with Crippen LogP contribution in [0.5, 0.6) is 17.2 Å². The highest BCUT2D eigenvalue weighted by Crippen LogP contribution is 2.28. The third kappa shape index (κ3) is 6.95. The maximum atomic E-state index is 12.4. The number of nitrogens with one attached hydrogen (secondary N) is 2. The van der Waals surface area contributed by atoms with E-state index in [0.29, 0.717) is 11.4 Å². The molecule has 7 nitrogen and oxygen atoms in total. The summed E-state index contributed by atoms with van der Waals surface area (Å²) in [7, 11) is 1.42. The van der Waals surface area contributed by atoms with E-state index < -0.39 is 12.5 Å². The number of methoxy groups -OCH3 is 1. The van der Waals surface area contributed by atoms with Crippen LogP contribution in [0.3, 0.4) is 0 Å². The van der Waals surface area contributed by atoms with Gasteiger partial charge in [0.05, 0.1) is 7.11 Å². The Bertz CT molecular complexity index is 841. The molecule has 0 aliphatic carbocycles. The van der Waals surface area contributed by atoms with E-state index >= 15 is 0 Å². The van der Waals surface area contributed by atoms with Gasteiger partial charge in [0, 0.05) is 17.3 Å². The second-order valence-electron chi connectivity index (χ2n) is 6.23. The van der Waals surface area contributed by atoms with Crippen molar-refractivity contribution in [3.8, 4) is 17.2 Å². The fraction of sp³-hybridized carbons (Fsp3) is 0.300. The first-order chi connectivity index (χ1) is 13.8. The number of hydrogen-bond acceptors (Lipinski definition) is 5. The molecule has 156 valence electrons. The van der Waals surface area contributed by atoms with E-state index in [1.807, 2.05) is 13.8 Å². The maximum Gasteiger partial charge on any atom is 0.387 e. The lowest BCUT2D eigenvalue weighted by atomic mass is 10.2. The molecule has 0 saturated heterocycles. The van der Waals surface area contributed by atoms with Crippen molar-refractivity contribution in [1.29, 1.82) is 0 Å². The van der Waals surface area contributed by atoms with Crippen LogP contribution in [0.15, 0.2) is 42.5 Å². The largest absolute Gasteiger partial charge is 0.493 e. The van der Waals surface area contributed by atoms with Crippen LogP contribution in [0.4, 0.5) is 14.5 Å². The third-order valence-electron chi connectivity index (χ3n) is 3.57. The van der Waals surface area contributed by atoms with Gasteiger partial charge in [0.1, 0.15) is 5.75 Å². The molecule has 29 heavy (non-hydrogen) atoms. The zero-order valence-corrected chi connectivity index (χ0v) is 16.2. The summed E-state index contributed by atoms with van der Waals surface area (Å²) in [6.45, 7) is 0.573. The Morgan fingerprint density at radius 3 is 2.31 bits per heavy atom. The molecule has 0 saturated carbocycles. The van der Waals surface area contributed by atoms with E-state index in [-0.39, 0.29) is 35.6 Å². The summed E-state index contributed by atoms with van der Waals surface area (Å²) in [6, 6.07) is 10.0. The third-order valence-corrected chi connectivity index (χ3v) is 3.57. The highest BCUT2D eigenvalue weighted by atomic mass is 19.3. The molecule has 0 fully saturated rings. The van der Waals surface area contributed by atoms with Gasteiger partial charge in [-0.1, -0.05) is 0 Å². The van der Waals surface area contributed by atoms with E-state index in [2.05, 4.69) is 15.4 Å². The summed E-state index contributed by atoms with van der Waals surface area (Å²) < 4.78 is 39.3. The fourth-order valence-corrected chi connectivity index (χ4v) is 2.36. The van der Waals surface area contributed by atoms with Crippen LogP contribution in [0, 0.1) is 0 Å². The predicted molar refractivity (Wildman–Crippen MR) is 103 cm³/mol. The van der Waals surface area contributed by atoms with Crippen molar-refractivity contribution in [2.45, 2.75) is 26.5 Å². The topological polar surface area (TPSA) is 85.9 Å². The minimum absolute atomic E-state index is 0.00457. The molecule has 0 spiro atoms. The number of ether oxygens (including phenoxy) is 3. The Balaban J connectivity index is 2.02. The summed E-state index contributed by atoms with van der Waals surface area (Å²) in [5.41, 5.74) is 0.690. The number of anilines is 1. The predicted octanol–water partition coefficient (Wildman–Crippen LogP) is 3.45. The highest BCUT2D eigenvalue weighted by Gasteiger charge is 2.13. The van der Waals surface area contributed by atoms with Gasteiger partial charge in [0.2, 0.25) is 0 Å². The normalized spacial score (nSPS) is 10.6. The monoisotopic (exact) mass is 408 g/mol. The number of hydrogen-bond donors (Lipinski definition) is 2. The summed E-state index contributed by atoms with van der Waals surface area (Å²) in [4.78, 5) is 24.1. The Morgan fingerprint density at radius 1 is 1.03 bits per heavy atom. The van der Waals surface area contributed by atoms with Gasteiger partial charge in [-0.25, -0.2) is 0 Å². The standard InChI is InChI=1S/C20H22F2N2O5/c1-12(2)23-18(25)11-28-16-9-4-13(10-17(16)27-3)19(26)24-14-5-7-15(8-6-14)29-20(21)22/h4-10,12,20H,11H2,1-3H3,(H,23,25)(H,24,26). The van der Waals surface area contributed by atoms with Crippen molar-refractivity contribution >= 4 is 17.5 Å². The van der Waals surface area contributed by atoms with Crippen molar-refractivity contribution < 1.29 is 32.6 Å². The Kier molecular flexibility index (Phi) is 7.76. The highest BCUT2D eigenvalue weighted by molar-refractivity contribution is 6.04. The van der Waals surface area contributed by atoms with E-state index in [1.165, 1.54) is 49.6 Å². The van der Waals surface area contributed by atoms with E-state index in [9.17, 15) is 18.4 Å². The van der Waals surface area contributed by atoms with Crippen LogP contribution < -0.4 is 24.8 Å². The van der Waals surface area contributed by atoms with Crippen LogP contribution in [0.2, 0.25) is 0 Å². The Hall–Kier alpha value is -3.36. The van der Waals surface area contributed by atoms with Crippen molar-refractivity contribution in [3.05, 3.63) is 48.0 Å². The smallest absolute Gasteiger partial charge is 0.387 e. The van der Waals surface area contributed by atoms with Crippen LogP contribution in [-0.2, 0) is 4.79 Å². The molecule has 0 bridgehead atoms. The fourth-order valence-electron chi connectivity index (χ4n) is 2.36. The first-order valence-corrected chi connectivity index (χ1v) is 8.75. The van der Waals surface area contributed by atoms with Gasteiger partial charge >= 0.3 is 6.61 Å². The summed E-state index contributed by atoms with van der Waals surface area (Å²) in [6.07, 6.45) is 0. The molecule has 2 amide bonds. The minimum Gasteiger partial charge on any atom is -0.493 e. The lowest BCUT2D eigenvalue weighted by molar-refractivity contribution is -0.123. The molecule has 0 aliphatic rings. The van der Waals surface area contributed by atoms with Crippen molar-refractivity contribution in [3.63, 3.8) is 0 Å². The van der Waals surface area contributed by atoms with Crippen LogP contribution in [0.25, 0.3) is 0 Å². The molecule has 0 heterocycles. The summed E-state index contributed by atoms with van der Waals surface area (Å²) in [5.74, 6) is -0.118. The second kappa shape index (κ2) is 10.3. The van der Waals surface area contributed by atoms with Crippen molar-refractivity contribution in [1.82, 2.24) is 5.32 Å². The molecule has 0 unspecified atom stereocenters. The number of halogens is 2. The lowest BCUT2D eigenvalue weighted by Crippen LogP contribution is -2.34. The molecule has 0 aliphatic heterocycles. The average Bonchev–Trinajstić information content (AvgIpc) is 2.66. The molecular formula is C20H22F2N2O5. The van der Waals surface area contributed by atoms with E-state index in [0.717, 1.165) is 0 Å². The zero-order valence-electron chi connectivity index (χ0n) is 16.2. The van der Waals surface area contributed by atoms with Gasteiger partial charge in [0.25, 0.3) is 11.8 Å². The van der Waals surface area contributed by atoms with Crippen LogP contribution >= 0.6 is 0 Å². The van der Waals surface area contributed by atoms with Gasteiger partial charge in [-0.15, -0.1) is 0 Å². The quantitative estimate of drug-likeness (QED) is 0.664. The molecule has 0 atom stereocenters.